The molecular weight excluding hydrogens is 419 g/mol. The van der Waals surface area contributed by atoms with Gasteiger partial charge < -0.3 is 15.2 Å². The maximum atomic E-state index is 9.89. The fourth-order valence-electron chi connectivity index (χ4n) is 3.95. The van der Waals surface area contributed by atoms with Crippen LogP contribution < -0.4 is 10.1 Å². The van der Waals surface area contributed by atoms with E-state index < -0.39 is 5.60 Å². The molecule has 156 valence electrons. The molecule has 0 spiro atoms. The molecule has 0 radical (unpaired) electrons. The number of hydrogen-bond donors (Lipinski definition) is 2. The number of ether oxygens (including phenoxy) is 1. The molecule has 3 aromatic rings. The first kappa shape index (κ1) is 21.1. The molecule has 1 fully saturated rings. The second kappa shape index (κ2) is 8.56. The quantitative estimate of drug-likeness (QED) is 0.511. The molecule has 1 aromatic heterocycles. The molecule has 0 saturated heterocycles. The summed E-state index contributed by atoms with van der Waals surface area (Å²) in [6.07, 6.45) is 1.51. The lowest BCUT2D eigenvalue weighted by atomic mass is 9.77. The fraction of sp³-hybridized carbons (Fsp3) is 0.292. The van der Waals surface area contributed by atoms with Gasteiger partial charge in [0.05, 0.1) is 23.4 Å². The molecule has 1 aliphatic carbocycles. The fourth-order valence-corrected chi connectivity index (χ4v) is 4.51. The maximum Gasteiger partial charge on any atom is 0.218 e. The first-order chi connectivity index (χ1) is 14.4. The van der Waals surface area contributed by atoms with Crippen molar-refractivity contribution < 1.29 is 9.84 Å². The number of pyridine rings is 1. The number of benzene rings is 2. The van der Waals surface area contributed by atoms with Crippen LogP contribution in [0.15, 0.2) is 54.6 Å². The molecule has 1 heterocycles. The van der Waals surface area contributed by atoms with E-state index in [4.69, 9.17) is 32.9 Å². The molecule has 1 aliphatic rings. The van der Waals surface area contributed by atoms with E-state index in [1.807, 2.05) is 61.5 Å². The third kappa shape index (κ3) is 4.33. The van der Waals surface area contributed by atoms with Gasteiger partial charge in [0, 0.05) is 39.9 Å². The third-order valence-corrected chi connectivity index (χ3v) is 6.26. The summed E-state index contributed by atoms with van der Waals surface area (Å²) in [6.45, 7) is 2.49. The van der Waals surface area contributed by atoms with Gasteiger partial charge in [-0.05, 0) is 31.9 Å². The number of rotatable bonds is 6. The van der Waals surface area contributed by atoms with Gasteiger partial charge >= 0.3 is 0 Å². The lowest BCUT2D eigenvalue weighted by Crippen LogP contribution is -2.51. The molecule has 2 aromatic carbocycles. The Kier molecular flexibility index (Phi) is 6.03. The second-order valence-electron chi connectivity index (χ2n) is 7.99. The Labute approximate surface area is 186 Å². The number of nitrogens with one attached hydrogen (secondary N) is 1. The van der Waals surface area contributed by atoms with E-state index in [1.54, 1.807) is 7.11 Å². The molecule has 30 heavy (non-hydrogen) atoms. The zero-order valence-electron chi connectivity index (χ0n) is 17.0. The molecular formula is C24H24Cl2N2O2. The minimum absolute atomic E-state index is 0.311. The van der Waals surface area contributed by atoms with Gasteiger partial charge in [0.15, 0.2) is 0 Å². The zero-order chi connectivity index (χ0) is 21.3. The first-order valence-electron chi connectivity index (χ1n) is 9.91. The van der Waals surface area contributed by atoms with Crippen molar-refractivity contribution in [1.82, 2.24) is 10.3 Å². The van der Waals surface area contributed by atoms with Crippen LogP contribution in [-0.2, 0) is 6.54 Å². The van der Waals surface area contributed by atoms with Crippen LogP contribution in [0.4, 0.5) is 0 Å². The van der Waals surface area contributed by atoms with E-state index >= 15 is 0 Å². The molecule has 0 amide bonds. The number of aromatic nitrogens is 1. The lowest BCUT2D eigenvalue weighted by Gasteiger charge is -2.41. The Morgan fingerprint density at radius 3 is 2.43 bits per heavy atom. The van der Waals surface area contributed by atoms with Crippen molar-refractivity contribution in [2.75, 3.05) is 7.11 Å². The smallest absolute Gasteiger partial charge is 0.218 e. The predicted octanol–water partition coefficient (Wildman–Crippen LogP) is 5.73. The van der Waals surface area contributed by atoms with Gasteiger partial charge in [-0.25, -0.2) is 4.98 Å². The summed E-state index contributed by atoms with van der Waals surface area (Å²) in [5, 5.41) is 14.6. The highest BCUT2D eigenvalue weighted by Crippen LogP contribution is 2.39. The Hall–Kier alpha value is -2.11. The Morgan fingerprint density at radius 1 is 1.03 bits per heavy atom. The molecule has 2 N–H and O–H groups in total. The van der Waals surface area contributed by atoms with E-state index in [0.29, 0.717) is 28.5 Å². The molecule has 4 nitrogen and oxygen atoms in total. The number of halogens is 2. The summed E-state index contributed by atoms with van der Waals surface area (Å²) in [4.78, 5) is 4.70. The average molecular weight is 443 g/mol. The van der Waals surface area contributed by atoms with Crippen molar-refractivity contribution in [3.63, 3.8) is 0 Å². The summed E-state index contributed by atoms with van der Waals surface area (Å²) in [7, 11) is 1.62. The number of aliphatic hydroxyl groups is 1. The van der Waals surface area contributed by atoms with Crippen LogP contribution in [0, 0.1) is 0 Å². The van der Waals surface area contributed by atoms with Crippen LogP contribution in [0.2, 0.25) is 10.0 Å². The highest BCUT2D eigenvalue weighted by molar-refractivity contribution is 6.38. The van der Waals surface area contributed by atoms with Crippen molar-refractivity contribution in [3.8, 4) is 28.3 Å². The topological polar surface area (TPSA) is 54.4 Å². The van der Waals surface area contributed by atoms with Crippen molar-refractivity contribution in [3.05, 3.63) is 70.2 Å². The molecule has 0 unspecified atom stereocenters. The Morgan fingerprint density at radius 2 is 1.73 bits per heavy atom. The second-order valence-corrected chi connectivity index (χ2v) is 8.78. The zero-order valence-corrected chi connectivity index (χ0v) is 18.5. The highest BCUT2D eigenvalue weighted by atomic mass is 35.5. The third-order valence-electron chi connectivity index (χ3n) is 5.52. The number of methoxy groups -OCH3 is 1. The van der Waals surface area contributed by atoms with Crippen LogP contribution in [0.3, 0.4) is 0 Å². The van der Waals surface area contributed by atoms with Crippen LogP contribution in [-0.4, -0.2) is 28.8 Å². The molecule has 0 aliphatic heterocycles. The van der Waals surface area contributed by atoms with Crippen LogP contribution in [0.5, 0.6) is 5.88 Å². The van der Waals surface area contributed by atoms with Crippen molar-refractivity contribution in [2.24, 2.45) is 0 Å². The van der Waals surface area contributed by atoms with E-state index in [9.17, 15) is 5.11 Å². The summed E-state index contributed by atoms with van der Waals surface area (Å²) in [5.41, 5.74) is 3.72. The van der Waals surface area contributed by atoms with Crippen LogP contribution >= 0.6 is 23.2 Å². The normalized spacial score (nSPS) is 20.6. The van der Waals surface area contributed by atoms with Crippen LogP contribution in [0.25, 0.3) is 22.4 Å². The number of hydrogen-bond acceptors (Lipinski definition) is 4. The predicted molar refractivity (Wildman–Crippen MR) is 122 cm³/mol. The number of nitrogens with zero attached hydrogens (tertiary/aromatic N) is 1. The summed E-state index contributed by atoms with van der Waals surface area (Å²) in [5.74, 6) is 0.560. The largest absolute Gasteiger partial charge is 0.481 e. The molecule has 1 saturated carbocycles. The van der Waals surface area contributed by atoms with Gasteiger partial charge in [-0.1, -0.05) is 65.7 Å². The minimum Gasteiger partial charge on any atom is -0.481 e. The van der Waals surface area contributed by atoms with Gasteiger partial charge in [0.25, 0.3) is 0 Å². The Balaban J connectivity index is 1.60. The van der Waals surface area contributed by atoms with E-state index in [0.717, 1.165) is 40.8 Å². The van der Waals surface area contributed by atoms with Gasteiger partial charge in [0.1, 0.15) is 0 Å². The van der Waals surface area contributed by atoms with Gasteiger partial charge in [-0.15, -0.1) is 0 Å². The SMILES string of the molecule is COc1nc(-c2cccc(-c3ccccc3Cl)c2Cl)ccc1CNC1CC(C)(O)C1. The first-order valence-corrected chi connectivity index (χ1v) is 10.7. The van der Waals surface area contributed by atoms with Crippen molar-refractivity contribution >= 4 is 23.2 Å². The standard InChI is InChI=1S/C24H24Cl2N2O2/c1-24(29)12-16(13-24)27-14-15-10-11-21(28-23(15)30-2)19-8-5-7-18(22(19)26)17-6-3-4-9-20(17)25/h3-11,16,27,29H,12-14H2,1-2H3. The molecule has 0 bridgehead atoms. The van der Waals surface area contributed by atoms with E-state index in [-0.39, 0.29) is 0 Å². The average Bonchev–Trinajstić information content (AvgIpc) is 2.71. The lowest BCUT2D eigenvalue weighted by molar-refractivity contribution is -0.0393. The monoisotopic (exact) mass is 442 g/mol. The van der Waals surface area contributed by atoms with E-state index in [2.05, 4.69) is 5.32 Å². The summed E-state index contributed by atoms with van der Waals surface area (Å²) < 4.78 is 5.54. The Bertz CT molecular complexity index is 1060. The maximum absolute atomic E-state index is 9.89. The molecule has 4 rings (SSSR count). The van der Waals surface area contributed by atoms with E-state index in [1.165, 1.54) is 0 Å². The van der Waals surface area contributed by atoms with Gasteiger partial charge in [-0.2, -0.15) is 0 Å². The van der Waals surface area contributed by atoms with Crippen LogP contribution in [0.1, 0.15) is 25.3 Å². The molecule has 6 heteroatoms. The highest BCUT2D eigenvalue weighted by Gasteiger charge is 2.37. The minimum atomic E-state index is -0.548. The van der Waals surface area contributed by atoms with Gasteiger partial charge in [-0.3, -0.25) is 0 Å². The van der Waals surface area contributed by atoms with Gasteiger partial charge in [0.2, 0.25) is 5.88 Å². The molecule has 0 atom stereocenters. The summed E-state index contributed by atoms with van der Waals surface area (Å²) >= 11 is 13.1. The summed E-state index contributed by atoms with van der Waals surface area (Å²) in [6, 6.07) is 17.8. The van der Waals surface area contributed by atoms with Crippen molar-refractivity contribution in [2.45, 2.75) is 38.0 Å². The van der Waals surface area contributed by atoms with Crippen molar-refractivity contribution in [1.29, 1.82) is 0 Å².